The van der Waals surface area contributed by atoms with E-state index < -0.39 is 9.84 Å². The summed E-state index contributed by atoms with van der Waals surface area (Å²) in [5.41, 5.74) is 6.52. The van der Waals surface area contributed by atoms with Gasteiger partial charge in [0.15, 0.2) is 15.7 Å². The van der Waals surface area contributed by atoms with Crippen molar-refractivity contribution in [3.05, 3.63) is 0 Å². The minimum Gasteiger partial charge on any atom is -0.227 e. The summed E-state index contributed by atoms with van der Waals surface area (Å²) in [6.45, 7) is 0. The first-order chi connectivity index (χ1) is 5.67. The molecule has 12 heavy (non-hydrogen) atoms. The molecule has 0 unspecified atom stereocenters. The van der Waals surface area contributed by atoms with E-state index in [0.29, 0.717) is 0 Å². The van der Waals surface area contributed by atoms with Gasteiger partial charge in [-0.25, -0.2) is 13.9 Å². The Morgan fingerprint density at radius 2 is 1.83 bits per heavy atom. The zero-order valence-corrected chi connectivity index (χ0v) is 7.81. The summed E-state index contributed by atoms with van der Waals surface area (Å²) in [5.74, 6) is -0.322. The zero-order chi connectivity index (χ0) is 9.03. The molecule has 0 atom stereocenters. The topological polar surface area (TPSA) is 70.3 Å². The van der Waals surface area contributed by atoms with Crippen LogP contribution in [0.2, 0.25) is 0 Å². The van der Waals surface area contributed by atoms with E-state index in [0.717, 1.165) is 32.1 Å². The van der Waals surface area contributed by atoms with Gasteiger partial charge in [0.1, 0.15) is 0 Å². The summed E-state index contributed by atoms with van der Waals surface area (Å²) >= 11 is 0. The molecular weight excluding hydrogens is 176 g/mol. The van der Waals surface area contributed by atoms with Crippen molar-refractivity contribution in [3.63, 3.8) is 0 Å². The van der Waals surface area contributed by atoms with Gasteiger partial charge < -0.3 is 0 Å². The average Bonchev–Trinajstić information content (AvgIpc) is 2.06. The predicted octanol–water partition coefficient (Wildman–Crippen LogP) is 1.72. The molecule has 0 amide bonds. The molecule has 0 aliphatic heterocycles. The standard InChI is InChI=1S/C7H14N2O2S/c8-9-6-12(10,11)7-4-2-1-3-5-7/h7-8H,1-6H2. The number of rotatable bonds is 3. The van der Waals surface area contributed by atoms with Crippen LogP contribution in [0.3, 0.4) is 0 Å². The van der Waals surface area contributed by atoms with Gasteiger partial charge in [-0.2, -0.15) is 5.11 Å². The van der Waals surface area contributed by atoms with Crippen molar-refractivity contribution in [3.8, 4) is 0 Å². The van der Waals surface area contributed by atoms with E-state index in [2.05, 4.69) is 5.11 Å². The summed E-state index contributed by atoms with van der Waals surface area (Å²) < 4.78 is 22.7. The van der Waals surface area contributed by atoms with Gasteiger partial charge in [-0.05, 0) is 12.8 Å². The second-order valence-corrected chi connectivity index (χ2v) is 5.46. The van der Waals surface area contributed by atoms with E-state index in [1.165, 1.54) is 0 Å². The molecule has 0 aromatic rings. The maximum atomic E-state index is 11.4. The molecule has 0 heterocycles. The lowest BCUT2D eigenvalue weighted by Gasteiger charge is -2.20. The SMILES string of the molecule is N=NCS(=O)(=O)C1CCCCC1. The first kappa shape index (κ1) is 9.64. The number of hydrogen-bond acceptors (Lipinski definition) is 4. The Balaban J connectivity index is 2.60. The fraction of sp³-hybridized carbons (Fsp3) is 1.00. The van der Waals surface area contributed by atoms with Gasteiger partial charge in [-0.1, -0.05) is 19.3 Å². The highest BCUT2D eigenvalue weighted by molar-refractivity contribution is 7.92. The maximum Gasteiger partial charge on any atom is 0.175 e. The Morgan fingerprint density at radius 1 is 1.25 bits per heavy atom. The van der Waals surface area contributed by atoms with Gasteiger partial charge in [-0.3, -0.25) is 0 Å². The number of hydrogen-bond donors (Lipinski definition) is 1. The Bertz CT molecular complexity index is 242. The molecule has 1 aliphatic rings. The molecule has 0 spiro atoms. The fourth-order valence-corrected chi connectivity index (χ4v) is 3.06. The van der Waals surface area contributed by atoms with Crippen LogP contribution >= 0.6 is 0 Å². The third-order valence-electron chi connectivity index (χ3n) is 2.30. The van der Waals surface area contributed by atoms with Crippen molar-refractivity contribution in [1.82, 2.24) is 0 Å². The third-order valence-corrected chi connectivity index (χ3v) is 4.28. The second-order valence-electron chi connectivity index (χ2n) is 3.21. The van der Waals surface area contributed by atoms with Crippen LogP contribution in [0.4, 0.5) is 0 Å². The highest BCUT2D eigenvalue weighted by Gasteiger charge is 2.26. The first-order valence-corrected chi connectivity index (χ1v) is 5.93. The molecule has 70 valence electrons. The quantitative estimate of drug-likeness (QED) is 0.688. The molecule has 1 N–H and O–H groups in total. The maximum absolute atomic E-state index is 11.4. The molecule has 0 bridgehead atoms. The van der Waals surface area contributed by atoms with Gasteiger partial charge in [0, 0.05) is 0 Å². The Hall–Kier alpha value is -0.450. The highest BCUT2D eigenvalue weighted by atomic mass is 32.2. The Labute approximate surface area is 72.8 Å². The molecule has 1 aliphatic carbocycles. The molecule has 0 aromatic heterocycles. The van der Waals surface area contributed by atoms with Crippen molar-refractivity contribution >= 4 is 9.84 Å². The van der Waals surface area contributed by atoms with Crippen LogP contribution in [0.1, 0.15) is 32.1 Å². The van der Waals surface area contributed by atoms with Gasteiger partial charge in [-0.15, -0.1) is 0 Å². The van der Waals surface area contributed by atoms with Gasteiger partial charge in [0.05, 0.1) is 5.25 Å². The average molecular weight is 190 g/mol. The van der Waals surface area contributed by atoms with E-state index in [-0.39, 0.29) is 11.1 Å². The molecular formula is C7H14N2O2S. The largest absolute Gasteiger partial charge is 0.227 e. The lowest BCUT2D eigenvalue weighted by atomic mass is 10.0. The van der Waals surface area contributed by atoms with E-state index in [4.69, 9.17) is 5.53 Å². The molecule has 1 fully saturated rings. The third kappa shape index (κ3) is 2.27. The van der Waals surface area contributed by atoms with Crippen molar-refractivity contribution in [2.75, 3.05) is 5.88 Å². The number of sulfone groups is 1. The number of nitrogens with zero attached hydrogens (tertiary/aromatic N) is 1. The normalized spacial score (nSPS) is 20.7. The van der Waals surface area contributed by atoms with Gasteiger partial charge >= 0.3 is 0 Å². The van der Waals surface area contributed by atoms with E-state index in [1.807, 2.05) is 0 Å². The van der Waals surface area contributed by atoms with Crippen LogP contribution in [0.25, 0.3) is 0 Å². The predicted molar refractivity (Wildman–Crippen MR) is 45.8 cm³/mol. The van der Waals surface area contributed by atoms with Crippen LogP contribution in [0, 0.1) is 5.53 Å². The first-order valence-electron chi connectivity index (χ1n) is 4.21. The second kappa shape index (κ2) is 3.98. The van der Waals surface area contributed by atoms with E-state index in [1.54, 1.807) is 0 Å². The molecule has 0 radical (unpaired) electrons. The molecule has 4 nitrogen and oxygen atoms in total. The zero-order valence-electron chi connectivity index (χ0n) is 6.99. The van der Waals surface area contributed by atoms with Crippen LogP contribution in [-0.4, -0.2) is 19.5 Å². The molecule has 0 aromatic carbocycles. The summed E-state index contributed by atoms with van der Waals surface area (Å²) in [7, 11) is -3.09. The molecule has 1 saturated carbocycles. The van der Waals surface area contributed by atoms with Crippen molar-refractivity contribution in [2.24, 2.45) is 5.11 Å². The summed E-state index contributed by atoms with van der Waals surface area (Å²) in [6.07, 6.45) is 4.67. The highest BCUT2D eigenvalue weighted by Crippen LogP contribution is 2.24. The van der Waals surface area contributed by atoms with Crippen molar-refractivity contribution in [1.29, 1.82) is 5.53 Å². The van der Waals surface area contributed by atoms with E-state index >= 15 is 0 Å². The lowest BCUT2D eigenvalue weighted by molar-refractivity contribution is 0.483. The summed E-state index contributed by atoms with van der Waals surface area (Å²) in [6, 6.07) is 0. The minimum absolute atomic E-state index is 0.222. The Morgan fingerprint density at radius 3 is 2.33 bits per heavy atom. The molecule has 0 saturated heterocycles. The lowest BCUT2D eigenvalue weighted by Crippen LogP contribution is -2.25. The number of nitrogens with one attached hydrogen (secondary N) is 1. The fourth-order valence-electron chi connectivity index (χ4n) is 1.62. The molecule has 5 heteroatoms. The van der Waals surface area contributed by atoms with Gasteiger partial charge in [0.2, 0.25) is 0 Å². The van der Waals surface area contributed by atoms with Crippen molar-refractivity contribution in [2.45, 2.75) is 37.4 Å². The smallest absolute Gasteiger partial charge is 0.175 e. The van der Waals surface area contributed by atoms with Crippen LogP contribution in [-0.2, 0) is 9.84 Å². The van der Waals surface area contributed by atoms with Crippen LogP contribution < -0.4 is 0 Å². The van der Waals surface area contributed by atoms with Gasteiger partial charge in [0.25, 0.3) is 0 Å². The Kier molecular flexibility index (Phi) is 3.20. The monoisotopic (exact) mass is 190 g/mol. The summed E-state index contributed by atoms with van der Waals surface area (Å²) in [4.78, 5) is 0. The molecule has 1 rings (SSSR count). The van der Waals surface area contributed by atoms with Crippen molar-refractivity contribution < 1.29 is 8.42 Å². The van der Waals surface area contributed by atoms with E-state index in [9.17, 15) is 8.42 Å². The minimum atomic E-state index is -3.09. The summed E-state index contributed by atoms with van der Waals surface area (Å²) in [5, 5.41) is 2.72. The van der Waals surface area contributed by atoms with Crippen LogP contribution in [0.5, 0.6) is 0 Å². The van der Waals surface area contributed by atoms with Crippen LogP contribution in [0.15, 0.2) is 5.11 Å².